The molecule has 16 heavy (non-hydrogen) atoms. The maximum Gasteiger partial charge on any atom is 0.277 e. The van der Waals surface area contributed by atoms with Gasteiger partial charge in [-0.3, -0.25) is 4.79 Å². The molecule has 1 unspecified atom stereocenters. The van der Waals surface area contributed by atoms with E-state index in [1.165, 1.54) is 0 Å². The van der Waals surface area contributed by atoms with Crippen molar-refractivity contribution in [1.82, 2.24) is 0 Å². The summed E-state index contributed by atoms with van der Waals surface area (Å²) in [5, 5.41) is 13.2. The van der Waals surface area contributed by atoms with Gasteiger partial charge in [0.15, 0.2) is 0 Å². The number of carbonyl (C=O) groups excluding carboxylic acids is 1. The number of nitrogens with zero attached hydrogens (tertiary/aromatic N) is 1. The Labute approximate surface area is 93.0 Å². The van der Waals surface area contributed by atoms with Crippen LogP contribution in [0, 0.1) is 6.92 Å². The Kier molecular flexibility index (Phi) is 2.20. The van der Waals surface area contributed by atoms with E-state index < -0.39 is 11.6 Å². The molecule has 2 rings (SSSR count). The summed E-state index contributed by atoms with van der Waals surface area (Å²) in [4.78, 5) is 15.2. The largest absolute Gasteiger partial charge is 0.365 e. The third-order valence-electron chi connectivity index (χ3n) is 2.54. The number of rotatable bonds is 1. The predicted molar refractivity (Wildman–Crippen MR) is 61.0 cm³/mol. The highest BCUT2D eigenvalue weighted by atomic mass is 16.3. The molecule has 0 bridgehead atoms. The zero-order chi connectivity index (χ0) is 11.9. The number of aryl methyl sites for hydroxylation is 1. The van der Waals surface area contributed by atoms with Crippen molar-refractivity contribution in [3.05, 3.63) is 29.3 Å². The first-order chi connectivity index (χ1) is 7.43. The molecule has 1 atom stereocenters. The third-order valence-corrected chi connectivity index (χ3v) is 2.54. The van der Waals surface area contributed by atoms with E-state index >= 15 is 0 Å². The van der Waals surface area contributed by atoms with Gasteiger partial charge in [-0.15, -0.1) is 0 Å². The van der Waals surface area contributed by atoms with E-state index in [2.05, 4.69) is 10.3 Å². The van der Waals surface area contributed by atoms with E-state index in [9.17, 15) is 9.90 Å². The van der Waals surface area contributed by atoms with Crippen molar-refractivity contribution >= 4 is 17.4 Å². The Morgan fingerprint density at radius 2 is 2.19 bits per heavy atom. The minimum absolute atomic E-state index is 0.394. The number of nitrogens with two attached hydrogens (primary N) is 1. The molecule has 1 heterocycles. The van der Waals surface area contributed by atoms with Gasteiger partial charge in [0.25, 0.3) is 11.6 Å². The topological polar surface area (TPSA) is 87.7 Å². The number of benzene rings is 1. The van der Waals surface area contributed by atoms with E-state index in [4.69, 9.17) is 5.73 Å². The fourth-order valence-corrected chi connectivity index (χ4v) is 1.77. The highest BCUT2D eigenvalue weighted by molar-refractivity contribution is 6.01. The summed E-state index contributed by atoms with van der Waals surface area (Å²) in [6.07, 6.45) is 0. The van der Waals surface area contributed by atoms with Crippen molar-refractivity contribution in [1.29, 1.82) is 0 Å². The quantitative estimate of drug-likeness (QED) is 0.641. The fraction of sp³-hybridized carbons (Fsp3) is 0.273. The van der Waals surface area contributed by atoms with Crippen LogP contribution in [-0.4, -0.2) is 16.8 Å². The lowest BCUT2D eigenvalue weighted by Gasteiger charge is -2.29. The van der Waals surface area contributed by atoms with Crippen molar-refractivity contribution < 1.29 is 9.90 Å². The molecule has 1 aliphatic rings. The number of amides is 1. The Morgan fingerprint density at radius 3 is 2.81 bits per heavy atom. The van der Waals surface area contributed by atoms with Gasteiger partial charge in [-0.25, -0.2) is 4.99 Å². The number of hydrogen-bond donors (Lipinski definition) is 3. The number of anilines is 1. The molecule has 5 nitrogen and oxygen atoms in total. The first-order valence-corrected chi connectivity index (χ1v) is 4.90. The Bertz CT molecular complexity index is 496. The summed E-state index contributed by atoms with van der Waals surface area (Å²) in [6.45, 7) is 3.53. The molecule has 0 aliphatic carbocycles. The number of aliphatic hydroxyl groups is 1. The summed E-state index contributed by atoms with van der Waals surface area (Å²) >= 11 is 0. The first kappa shape index (κ1) is 10.6. The van der Waals surface area contributed by atoms with Crippen LogP contribution in [0.15, 0.2) is 23.2 Å². The number of primary amides is 1. The Morgan fingerprint density at radius 1 is 1.50 bits per heavy atom. The molecule has 0 fully saturated rings. The van der Waals surface area contributed by atoms with Crippen LogP contribution in [-0.2, 0) is 10.5 Å². The molecule has 0 spiro atoms. The van der Waals surface area contributed by atoms with Crippen LogP contribution in [0.5, 0.6) is 0 Å². The molecule has 0 saturated carbocycles. The number of hydrogen-bond acceptors (Lipinski definition) is 4. The lowest BCUT2D eigenvalue weighted by atomic mass is 9.96. The SMILES string of the molecule is CC1=NC(O)(C(N)=O)c2cc(C)ccc2N1. The number of carbonyl (C=O) groups is 1. The number of fused-ring (bicyclic) bond motifs is 1. The lowest BCUT2D eigenvalue weighted by Crippen LogP contribution is -2.43. The summed E-state index contributed by atoms with van der Waals surface area (Å²) in [6, 6.07) is 5.37. The van der Waals surface area contributed by atoms with Gasteiger partial charge >= 0.3 is 0 Å². The molecular formula is C11H13N3O2. The van der Waals surface area contributed by atoms with Gasteiger partial charge in [-0.1, -0.05) is 11.6 Å². The second-order valence-corrected chi connectivity index (χ2v) is 3.91. The molecule has 0 aromatic heterocycles. The van der Waals surface area contributed by atoms with Crippen molar-refractivity contribution in [2.75, 3.05) is 5.32 Å². The van der Waals surface area contributed by atoms with Gasteiger partial charge in [-0.05, 0) is 26.0 Å². The van der Waals surface area contributed by atoms with Crippen LogP contribution in [0.3, 0.4) is 0 Å². The van der Waals surface area contributed by atoms with Crippen LogP contribution < -0.4 is 11.1 Å². The molecule has 5 heteroatoms. The van der Waals surface area contributed by atoms with Crippen LogP contribution in [0.1, 0.15) is 18.1 Å². The van der Waals surface area contributed by atoms with Crippen LogP contribution >= 0.6 is 0 Å². The normalized spacial score (nSPS) is 23.1. The van der Waals surface area contributed by atoms with Gasteiger partial charge in [0.05, 0.1) is 0 Å². The zero-order valence-corrected chi connectivity index (χ0v) is 9.11. The molecule has 1 aromatic carbocycles. The summed E-state index contributed by atoms with van der Waals surface area (Å²) in [5.74, 6) is -0.419. The standard InChI is InChI=1S/C11H13N3O2/c1-6-3-4-9-8(5-6)11(16,10(12)15)14-7(2)13-9/h3-5,16H,1-2H3,(H2,12,15)(H,13,14). The van der Waals surface area contributed by atoms with E-state index in [0.29, 0.717) is 17.1 Å². The van der Waals surface area contributed by atoms with E-state index in [0.717, 1.165) is 5.56 Å². The van der Waals surface area contributed by atoms with Crippen molar-refractivity contribution in [3.8, 4) is 0 Å². The molecule has 84 valence electrons. The molecule has 0 radical (unpaired) electrons. The van der Waals surface area contributed by atoms with Gasteiger partial charge in [0.1, 0.15) is 5.84 Å². The van der Waals surface area contributed by atoms with Crippen molar-refractivity contribution in [2.24, 2.45) is 10.7 Å². The molecular weight excluding hydrogens is 206 g/mol. The van der Waals surface area contributed by atoms with Gasteiger partial charge < -0.3 is 16.2 Å². The third kappa shape index (κ3) is 1.45. The second-order valence-electron chi connectivity index (χ2n) is 3.91. The second kappa shape index (κ2) is 3.31. The van der Waals surface area contributed by atoms with Crippen LogP contribution in [0.4, 0.5) is 5.69 Å². The minimum atomic E-state index is -1.96. The maximum absolute atomic E-state index is 11.3. The van der Waals surface area contributed by atoms with Crippen LogP contribution in [0.25, 0.3) is 0 Å². The molecule has 4 N–H and O–H groups in total. The number of amidine groups is 1. The van der Waals surface area contributed by atoms with Crippen molar-refractivity contribution in [2.45, 2.75) is 19.6 Å². The van der Waals surface area contributed by atoms with Gasteiger partial charge in [-0.2, -0.15) is 0 Å². The van der Waals surface area contributed by atoms with Gasteiger partial charge in [0, 0.05) is 11.3 Å². The monoisotopic (exact) mass is 219 g/mol. The summed E-state index contributed by atoms with van der Waals surface area (Å²) < 4.78 is 0. The summed E-state index contributed by atoms with van der Waals surface area (Å²) in [7, 11) is 0. The van der Waals surface area contributed by atoms with E-state index in [-0.39, 0.29) is 0 Å². The smallest absolute Gasteiger partial charge is 0.277 e. The van der Waals surface area contributed by atoms with E-state index in [1.807, 2.05) is 13.0 Å². The lowest BCUT2D eigenvalue weighted by molar-refractivity contribution is -0.136. The van der Waals surface area contributed by atoms with E-state index in [1.54, 1.807) is 19.1 Å². The molecule has 1 amide bonds. The molecule has 1 aliphatic heterocycles. The highest BCUT2D eigenvalue weighted by Crippen LogP contribution is 2.33. The highest BCUT2D eigenvalue weighted by Gasteiger charge is 2.40. The van der Waals surface area contributed by atoms with Crippen molar-refractivity contribution in [3.63, 3.8) is 0 Å². The Balaban J connectivity index is 2.67. The fourth-order valence-electron chi connectivity index (χ4n) is 1.77. The summed E-state index contributed by atoms with van der Waals surface area (Å²) in [5.41, 5.74) is 5.22. The number of aliphatic imine (C=N–C) groups is 1. The number of nitrogens with one attached hydrogen (secondary N) is 1. The van der Waals surface area contributed by atoms with Gasteiger partial charge in [0.2, 0.25) is 0 Å². The maximum atomic E-state index is 11.3. The zero-order valence-electron chi connectivity index (χ0n) is 9.11. The Hall–Kier alpha value is -1.88. The molecule has 1 aromatic rings. The first-order valence-electron chi connectivity index (χ1n) is 4.90. The van der Waals surface area contributed by atoms with Crippen LogP contribution in [0.2, 0.25) is 0 Å². The predicted octanol–water partition coefficient (Wildman–Crippen LogP) is 0.469. The average molecular weight is 219 g/mol. The minimum Gasteiger partial charge on any atom is -0.365 e. The average Bonchev–Trinajstić information content (AvgIpc) is 2.19. The molecule has 0 saturated heterocycles.